The number of hydrogen-bond acceptors (Lipinski definition) is 1. The molecule has 3 heteroatoms. The van der Waals surface area contributed by atoms with Gasteiger partial charge in [-0.3, -0.25) is 0 Å². The number of aromatic nitrogens is 1. The molecular formula is C14H18BrNO. The van der Waals surface area contributed by atoms with Gasteiger partial charge in [0.1, 0.15) is 5.75 Å². The molecule has 2 nitrogen and oxygen atoms in total. The van der Waals surface area contributed by atoms with Crippen molar-refractivity contribution in [3.63, 3.8) is 0 Å². The lowest BCUT2D eigenvalue weighted by Gasteiger charge is -2.11. The summed E-state index contributed by atoms with van der Waals surface area (Å²) in [6, 6.07) is 8.18. The van der Waals surface area contributed by atoms with Gasteiger partial charge in [-0.2, -0.15) is 0 Å². The Hall–Kier alpha value is -0.960. The molecule has 0 saturated heterocycles. The molecule has 0 saturated carbocycles. The molecule has 0 aliphatic rings. The first kappa shape index (κ1) is 12.5. The number of rotatable bonds is 6. The quantitative estimate of drug-likeness (QED) is 0.787. The van der Waals surface area contributed by atoms with Gasteiger partial charge in [-0.25, -0.2) is 0 Å². The zero-order valence-corrected chi connectivity index (χ0v) is 11.7. The van der Waals surface area contributed by atoms with Crippen molar-refractivity contribution >= 4 is 26.8 Å². The van der Waals surface area contributed by atoms with Crippen LogP contribution in [-0.4, -0.2) is 16.9 Å². The van der Waals surface area contributed by atoms with E-state index in [4.69, 9.17) is 4.74 Å². The van der Waals surface area contributed by atoms with E-state index in [0.717, 1.165) is 29.6 Å². The Morgan fingerprint density at radius 3 is 3.00 bits per heavy atom. The molecule has 0 fully saturated rings. The summed E-state index contributed by atoms with van der Waals surface area (Å²) in [5.41, 5.74) is 1.14. The summed E-state index contributed by atoms with van der Waals surface area (Å²) in [6.45, 7) is 3.06. The zero-order chi connectivity index (χ0) is 12.1. The molecule has 0 aliphatic carbocycles. The summed E-state index contributed by atoms with van der Waals surface area (Å²) in [5, 5.41) is 2.24. The van der Waals surface area contributed by atoms with Crippen LogP contribution in [0.1, 0.15) is 19.8 Å². The van der Waals surface area contributed by atoms with Gasteiger partial charge in [0.05, 0.1) is 6.61 Å². The highest BCUT2D eigenvalue weighted by atomic mass is 79.9. The number of H-pyrrole nitrogens is 1. The predicted molar refractivity (Wildman–Crippen MR) is 76.0 cm³/mol. The minimum Gasteiger partial charge on any atom is -0.493 e. The van der Waals surface area contributed by atoms with Crippen LogP contribution in [0.3, 0.4) is 0 Å². The van der Waals surface area contributed by atoms with Gasteiger partial charge in [0, 0.05) is 22.4 Å². The Balaban J connectivity index is 1.92. The Morgan fingerprint density at radius 2 is 2.18 bits per heavy atom. The van der Waals surface area contributed by atoms with Crippen LogP contribution in [0.15, 0.2) is 30.5 Å². The van der Waals surface area contributed by atoms with E-state index in [9.17, 15) is 0 Å². The van der Waals surface area contributed by atoms with Gasteiger partial charge in [0.25, 0.3) is 0 Å². The summed E-state index contributed by atoms with van der Waals surface area (Å²) in [4.78, 5) is 3.19. The summed E-state index contributed by atoms with van der Waals surface area (Å²) >= 11 is 3.47. The minimum absolute atomic E-state index is 0.708. The first-order chi connectivity index (χ1) is 8.31. The van der Waals surface area contributed by atoms with E-state index in [2.05, 4.69) is 40.0 Å². The highest BCUT2D eigenvalue weighted by Crippen LogP contribution is 2.24. The maximum absolute atomic E-state index is 5.86. The van der Waals surface area contributed by atoms with Gasteiger partial charge in [0.15, 0.2) is 0 Å². The number of hydrogen-bond donors (Lipinski definition) is 1. The maximum atomic E-state index is 5.86. The third kappa shape index (κ3) is 3.25. The zero-order valence-electron chi connectivity index (χ0n) is 10.1. The molecule has 1 unspecified atom stereocenters. The van der Waals surface area contributed by atoms with E-state index in [0.29, 0.717) is 5.92 Å². The largest absolute Gasteiger partial charge is 0.493 e. The van der Waals surface area contributed by atoms with E-state index >= 15 is 0 Å². The van der Waals surface area contributed by atoms with Gasteiger partial charge in [-0.1, -0.05) is 28.9 Å². The fourth-order valence-electron chi connectivity index (χ4n) is 1.88. The van der Waals surface area contributed by atoms with Crippen LogP contribution < -0.4 is 4.74 Å². The summed E-state index contributed by atoms with van der Waals surface area (Å²) in [6.07, 6.45) is 4.26. The van der Waals surface area contributed by atoms with Gasteiger partial charge in [-0.15, -0.1) is 0 Å². The Labute approximate surface area is 110 Å². The Kier molecular flexibility index (Phi) is 4.49. The fourth-order valence-corrected chi connectivity index (χ4v) is 2.66. The second kappa shape index (κ2) is 6.10. The van der Waals surface area contributed by atoms with Crippen molar-refractivity contribution in [1.82, 2.24) is 4.98 Å². The van der Waals surface area contributed by atoms with Crippen LogP contribution in [0.2, 0.25) is 0 Å². The molecule has 17 heavy (non-hydrogen) atoms. The van der Waals surface area contributed by atoms with Gasteiger partial charge < -0.3 is 9.72 Å². The summed E-state index contributed by atoms with van der Waals surface area (Å²) in [5.74, 6) is 1.69. The summed E-state index contributed by atoms with van der Waals surface area (Å²) < 4.78 is 5.86. The van der Waals surface area contributed by atoms with Crippen LogP contribution in [0.25, 0.3) is 10.9 Å². The number of aromatic amines is 1. The topological polar surface area (TPSA) is 25.0 Å². The molecule has 2 aromatic rings. The highest BCUT2D eigenvalue weighted by molar-refractivity contribution is 9.09. The molecule has 1 heterocycles. The standard InChI is InChI=1S/C14H18BrNO/c1-11(5-8-15)7-10-17-14-4-2-3-13-12(14)6-9-16-13/h2-4,6,9,11,16H,5,7-8,10H2,1H3. The molecule has 1 atom stereocenters. The Bertz CT molecular complexity index is 466. The van der Waals surface area contributed by atoms with Crippen molar-refractivity contribution in [3.8, 4) is 5.75 Å². The number of fused-ring (bicyclic) bond motifs is 1. The number of alkyl halides is 1. The number of benzene rings is 1. The molecule has 0 bridgehead atoms. The van der Waals surface area contributed by atoms with E-state index < -0.39 is 0 Å². The molecule has 1 aromatic heterocycles. The van der Waals surface area contributed by atoms with Crippen molar-refractivity contribution in [3.05, 3.63) is 30.5 Å². The molecule has 0 amide bonds. The lowest BCUT2D eigenvalue weighted by Crippen LogP contribution is -2.04. The lowest BCUT2D eigenvalue weighted by atomic mass is 10.1. The molecule has 0 radical (unpaired) electrons. The molecular weight excluding hydrogens is 278 g/mol. The number of ether oxygens (including phenoxy) is 1. The third-order valence-corrected chi connectivity index (χ3v) is 3.48. The second-order valence-electron chi connectivity index (χ2n) is 4.42. The Morgan fingerprint density at radius 1 is 1.29 bits per heavy atom. The normalized spacial score (nSPS) is 12.8. The van der Waals surface area contributed by atoms with Crippen molar-refractivity contribution < 1.29 is 4.74 Å². The van der Waals surface area contributed by atoms with Gasteiger partial charge >= 0.3 is 0 Å². The summed E-state index contributed by atoms with van der Waals surface area (Å²) in [7, 11) is 0. The van der Waals surface area contributed by atoms with E-state index in [1.54, 1.807) is 0 Å². The molecule has 1 N–H and O–H groups in total. The number of nitrogens with one attached hydrogen (secondary N) is 1. The van der Waals surface area contributed by atoms with E-state index in [1.807, 2.05) is 18.3 Å². The van der Waals surface area contributed by atoms with Gasteiger partial charge in [-0.05, 0) is 37.0 Å². The maximum Gasteiger partial charge on any atom is 0.128 e. The van der Waals surface area contributed by atoms with Crippen molar-refractivity contribution in [1.29, 1.82) is 0 Å². The van der Waals surface area contributed by atoms with Gasteiger partial charge in [0.2, 0.25) is 0 Å². The first-order valence-corrected chi connectivity index (χ1v) is 7.18. The van der Waals surface area contributed by atoms with Crippen LogP contribution in [-0.2, 0) is 0 Å². The SMILES string of the molecule is CC(CCBr)CCOc1cccc2[nH]ccc12. The predicted octanol–water partition coefficient (Wildman–Crippen LogP) is 4.36. The smallest absolute Gasteiger partial charge is 0.128 e. The average Bonchev–Trinajstić information content (AvgIpc) is 2.78. The van der Waals surface area contributed by atoms with Crippen molar-refractivity contribution in [2.75, 3.05) is 11.9 Å². The molecule has 92 valence electrons. The molecule has 2 rings (SSSR count). The molecule has 0 aliphatic heterocycles. The third-order valence-electron chi connectivity index (χ3n) is 3.03. The van der Waals surface area contributed by atoms with E-state index in [1.165, 1.54) is 11.8 Å². The molecule has 0 spiro atoms. The van der Waals surface area contributed by atoms with Crippen LogP contribution in [0, 0.1) is 5.92 Å². The fraction of sp³-hybridized carbons (Fsp3) is 0.429. The lowest BCUT2D eigenvalue weighted by molar-refractivity contribution is 0.285. The van der Waals surface area contributed by atoms with Crippen molar-refractivity contribution in [2.45, 2.75) is 19.8 Å². The number of halogens is 1. The van der Waals surface area contributed by atoms with Crippen LogP contribution >= 0.6 is 15.9 Å². The van der Waals surface area contributed by atoms with Crippen LogP contribution in [0.4, 0.5) is 0 Å². The van der Waals surface area contributed by atoms with Crippen LogP contribution in [0.5, 0.6) is 5.75 Å². The monoisotopic (exact) mass is 295 g/mol. The van der Waals surface area contributed by atoms with Crippen molar-refractivity contribution in [2.24, 2.45) is 5.92 Å². The second-order valence-corrected chi connectivity index (χ2v) is 5.21. The first-order valence-electron chi connectivity index (χ1n) is 6.06. The molecule has 1 aromatic carbocycles. The van der Waals surface area contributed by atoms with E-state index in [-0.39, 0.29) is 0 Å². The average molecular weight is 296 g/mol. The highest BCUT2D eigenvalue weighted by Gasteiger charge is 2.04. The minimum atomic E-state index is 0.708.